The fraction of sp³-hybridized carbons (Fsp3) is 0.167. The van der Waals surface area contributed by atoms with Crippen molar-refractivity contribution in [2.75, 3.05) is 0 Å². The number of pyridine rings is 1. The van der Waals surface area contributed by atoms with Gasteiger partial charge in [0.1, 0.15) is 12.2 Å². The molecule has 104 valence electrons. The van der Waals surface area contributed by atoms with E-state index in [1.54, 1.807) is 12.2 Å². The SMILES string of the molecule is Cc1c2c(nc3c1ccc1ccccc13)=C[C@H](O)[C@@H](O)C=2. The monoisotopic (exact) mass is 277 g/mol. The fourth-order valence-electron chi connectivity index (χ4n) is 3.06. The Labute approximate surface area is 121 Å². The van der Waals surface area contributed by atoms with Crippen LogP contribution in [0, 0.1) is 6.92 Å². The summed E-state index contributed by atoms with van der Waals surface area (Å²) in [6.45, 7) is 2.03. The maximum atomic E-state index is 9.83. The second-order valence-electron chi connectivity index (χ2n) is 5.53. The quantitative estimate of drug-likeness (QED) is 0.603. The zero-order valence-electron chi connectivity index (χ0n) is 11.6. The topological polar surface area (TPSA) is 53.4 Å². The number of aliphatic hydroxyl groups excluding tert-OH is 2. The number of aliphatic hydroxyl groups is 2. The third kappa shape index (κ3) is 1.78. The summed E-state index contributed by atoms with van der Waals surface area (Å²) in [4.78, 5) is 4.73. The number of fused-ring (bicyclic) bond motifs is 4. The van der Waals surface area contributed by atoms with Crippen molar-refractivity contribution in [2.24, 2.45) is 0 Å². The minimum atomic E-state index is -0.892. The third-order valence-corrected chi connectivity index (χ3v) is 4.23. The minimum Gasteiger partial charge on any atom is -0.386 e. The van der Waals surface area contributed by atoms with Crippen LogP contribution >= 0.6 is 0 Å². The maximum Gasteiger partial charge on any atom is 0.104 e. The minimum absolute atomic E-state index is 0.745. The molecule has 1 aliphatic carbocycles. The summed E-state index contributed by atoms with van der Waals surface area (Å²) in [7, 11) is 0. The van der Waals surface area contributed by atoms with Gasteiger partial charge in [-0.15, -0.1) is 0 Å². The molecule has 3 nitrogen and oxygen atoms in total. The molecule has 3 aromatic rings. The van der Waals surface area contributed by atoms with E-state index >= 15 is 0 Å². The van der Waals surface area contributed by atoms with Gasteiger partial charge in [-0.25, -0.2) is 4.98 Å². The van der Waals surface area contributed by atoms with Crippen molar-refractivity contribution in [3.63, 3.8) is 0 Å². The molecule has 0 radical (unpaired) electrons. The zero-order valence-corrected chi connectivity index (χ0v) is 11.6. The van der Waals surface area contributed by atoms with Gasteiger partial charge in [0.25, 0.3) is 0 Å². The van der Waals surface area contributed by atoms with Gasteiger partial charge < -0.3 is 10.2 Å². The predicted molar refractivity (Wildman–Crippen MR) is 84.2 cm³/mol. The van der Waals surface area contributed by atoms with E-state index in [0.717, 1.165) is 37.8 Å². The molecule has 2 atom stereocenters. The highest BCUT2D eigenvalue weighted by molar-refractivity contribution is 6.06. The Morgan fingerprint density at radius 2 is 1.67 bits per heavy atom. The molecule has 0 unspecified atom stereocenters. The smallest absolute Gasteiger partial charge is 0.104 e. The highest BCUT2D eigenvalue weighted by Crippen LogP contribution is 2.23. The van der Waals surface area contributed by atoms with E-state index in [9.17, 15) is 10.2 Å². The zero-order chi connectivity index (χ0) is 14.6. The lowest BCUT2D eigenvalue weighted by atomic mass is 9.98. The highest BCUT2D eigenvalue weighted by Gasteiger charge is 2.17. The summed E-state index contributed by atoms with van der Waals surface area (Å²) in [5, 5.41) is 24.6. The van der Waals surface area contributed by atoms with Crippen LogP contribution in [-0.4, -0.2) is 27.4 Å². The molecule has 0 saturated heterocycles. The van der Waals surface area contributed by atoms with E-state index in [0.29, 0.717) is 0 Å². The molecule has 1 aromatic heterocycles. The Balaban J connectivity index is 2.24. The normalized spacial score (nSPS) is 20.9. The van der Waals surface area contributed by atoms with Crippen molar-refractivity contribution in [3.8, 4) is 0 Å². The van der Waals surface area contributed by atoms with Crippen LogP contribution in [0.2, 0.25) is 0 Å². The van der Waals surface area contributed by atoms with Crippen molar-refractivity contribution >= 4 is 33.8 Å². The number of rotatable bonds is 0. The first-order chi connectivity index (χ1) is 10.1. The summed E-state index contributed by atoms with van der Waals surface area (Å²) in [5.74, 6) is 0. The van der Waals surface area contributed by atoms with Gasteiger partial charge >= 0.3 is 0 Å². The highest BCUT2D eigenvalue weighted by atomic mass is 16.3. The molecule has 1 aliphatic rings. The van der Waals surface area contributed by atoms with Crippen LogP contribution in [0.15, 0.2) is 36.4 Å². The first kappa shape index (κ1) is 12.5. The van der Waals surface area contributed by atoms with Crippen LogP contribution in [0.25, 0.3) is 33.8 Å². The Hall–Kier alpha value is -2.23. The number of aryl methyl sites for hydroxylation is 1. The summed E-state index contributed by atoms with van der Waals surface area (Å²) < 4.78 is 0. The molecule has 2 aromatic carbocycles. The Morgan fingerprint density at radius 1 is 0.905 bits per heavy atom. The lowest BCUT2D eigenvalue weighted by Crippen LogP contribution is -2.41. The van der Waals surface area contributed by atoms with Crippen LogP contribution in [0.5, 0.6) is 0 Å². The van der Waals surface area contributed by atoms with Crippen molar-refractivity contribution in [1.82, 2.24) is 4.98 Å². The van der Waals surface area contributed by atoms with E-state index in [1.807, 2.05) is 19.1 Å². The summed E-state index contributed by atoms with van der Waals surface area (Å²) in [5.41, 5.74) is 2.03. The predicted octanol–water partition coefficient (Wildman–Crippen LogP) is 0.993. The first-order valence-corrected chi connectivity index (χ1v) is 7.03. The maximum absolute atomic E-state index is 9.83. The molecule has 0 aliphatic heterocycles. The van der Waals surface area contributed by atoms with Crippen molar-refractivity contribution in [1.29, 1.82) is 0 Å². The lowest BCUT2D eigenvalue weighted by molar-refractivity contribution is 0.0991. The average Bonchev–Trinajstić information content (AvgIpc) is 2.49. The van der Waals surface area contributed by atoms with E-state index in [2.05, 4.69) is 24.3 Å². The standard InChI is InChI=1S/C18H15NO2/c1-10-12-7-6-11-4-2-3-5-13(11)18(12)19-15-9-17(21)16(20)8-14(10)15/h2-9,16-17,20-21H,1H3/t16-,17-/m0/s1. The van der Waals surface area contributed by atoms with Crippen molar-refractivity contribution in [2.45, 2.75) is 19.1 Å². The average molecular weight is 277 g/mol. The second-order valence-corrected chi connectivity index (χ2v) is 5.53. The molecule has 3 heteroatoms. The molecule has 21 heavy (non-hydrogen) atoms. The van der Waals surface area contributed by atoms with Crippen molar-refractivity contribution < 1.29 is 10.2 Å². The van der Waals surface area contributed by atoms with Crippen LogP contribution in [0.4, 0.5) is 0 Å². The number of hydrogen-bond donors (Lipinski definition) is 2. The van der Waals surface area contributed by atoms with Crippen LogP contribution in [-0.2, 0) is 0 Å². The number of hydrogen-bond acceptors (Lipinski definition) is 3. The van der Waals surface area contributed by atoms with Gasteiger partial charge in [-0.1, -0.05) is 36.4 Å². The van der Waals surface area contributed by atoms with Crippen LogP contribution in [0.1, 0.15) is 5.56 Å². The molecular formula is C18H15NO2. The van der Waals surface area contributed by atoms with Gasteiger partial charge in [-0.05, 0) is 30.0 Å². The molecule has 0 bridgehead atoms. The Kier molecular flexibility index (Phi) is 2.61. The Bertz CT molecular complexity index is 991. The summed E-state index contributed by atoms with van der Waals surface area (Å²) in [6.07, 6.45) is 1.57. The number of nitrogens with zero attached hydrogens (tertiary/aromatic N) is 1. The van der Waals surface area contributed by atoms with Gasteiger partial charge in [0, 0.05) is 16.0 Å². The largest absolute Gasteiger partial charge is 0.386 e. The molecule has 0 saturated carbocycles. The molecule has 4 rings (SSSR count). The van der Waals surface area contributed by atoms with E-state index < -0.39 is 12.2 Å². The van der Waals surface area contributed by atoms with Gasteiger partial charge in [-0.2, -0.15) is 0 Å². The molecule has 0 spiro atoms. The molecule has 1 heterocycles. The van der Waals surface area contributed by atoms with Crippen LogP contribution < -0.4 is 10.6 Å². The van der Waals surface area contributed by atoms with Gasteiger partial charge in [0.15, 0.2) is 0 Å². The summed E-state index contributed by atoms with van der Waals surface area (Å²) >= 11 is 0. The van der Waals surface area contributed by atoms with Gasteiger partial charge in [-0.3, -0.25) is 0 Å². The van der Waals surface area contributed by atoms with Gasteiger partial charge in [0.2, 0.25) is 0 Å². The molecule has 0 fully saturated rings. The second kappa shape index (κ2) is 4.38. The molecule has 2 N–H and O–H groups in total. The van der Waals surface area contributed by atoms with E-state index in [4.69, 9.17) is 4.98 Å². The fourth-order valence-corrected chi connectivity index (χ4v) is 3.06. The summed E-state index contributed by atoms with van der Waals surface area (Å²) in [6, 6.07) is 12.3. The van der Waals surface area contributed by atoms with Crippen LogP contribution in [0.3, 0.4) is 0 Å². The molecular weight excluding hydrogens is 262 g/mol. The van der Waals surface area contributed by atoms with E-state index in [1.165, 1.54) is 0 Å². The Morgan fingerprint density at radius 3 is 2.52 bits per heavy atom. The van der Waals surface area contributed by atoms with E-state index in [-0.39, 0.29) is 0 Å². The van der Waals surface area contributed by atoms with Gasteiger partial charge in [0.05, 0.1) is 10.9 Å². The third-order valence-electron chi connectivity index (χ3n) is 4.23. The first-order valence-electron chi connectivity index (χ1n) is 7.03. The number of aromatic nitrogens is 1. The van der Waals surface area contributed by atoms with Crippen molar-refractivity contribution in [3.05, 3.63) is 52.5 Å². The molecule has 0 amide bonds. The lowest BCUT2D eigenvalue weighted by Gasteiger charge is -2.16. The number of benzene rings is 2.